The van der Waals surface area contributed by atoms with E-state index in [-0.39, 0.29) is 35.5 Å². The van der Waals surface area contributed by atoms with Crippen molar-refractivity contribution in [1.82, 2.24) is 24.1 Å². The van der Waals surface area contributed by atoms with E-state index in [0.717, 1.165) is 12.1 Å². The van der Waals surface area contributed by atoms with Crippen molar-refractivity contribution in [2.24, 2.45) is 0 Å². The first kappa shape index (κ1) is 30.2. The van der Waals surface area contributed by atoms with E-state index >= 15 is 0 Å². The number of H-pyrrole nitrogens is 1. The summed E-state index contributed by atoms with van der Waals surface area (Å²) in [7, 11) is -3.84. The zero-order chi connectivity index (χ0) is 32.0. The molecule has 4 heterocycles. The number of carbonyl (C=O) groups excluding carboxylic acids is 1. The van der Waals surface area contributed by atoms with Gasteiger partial charge in [-0.25, -0.2) is 18.4 Å². The minimum absolute atomic E-state index is 0.0432. The molecule has 45 heavy (non-hydrogen) atoms. The molecule has 234 valence electrons. The summed E-state index contributed by atoms with van der Waals surface area (Å²) in [6.07, 6.45) is 2.70. The van der Waals surface area contributed by atoms with Crippen LogP contribution >= 0.6 is 0 Å². The summed E-state index contributed by atoms with van der Waals surface area (Å²) < 4.78 is 70.3. The Labute approximate surface area is 256 Å². The van der Waals surface area contributed by atoms with Crippen LogP contribution in [0.1, 0.15) is 34.1 Å². The number of nitrogens with two attached hydrogens (primary N) is 1. The second-order valence-electron chi connectivity index (χ2n) is 10.7. The van der Waals surface area contributed by atoms with Gasteiger partial charge in [0.15, 0.2) is 11.6 Å². The molecule has 4 N–H and O–H groups in total. The number of aromatic amines is 1. The minimum atomic E-state index is -3.84. The lowest BCUT2D eigenvalue weighted by atomic mass is 10.1. The number of morpholine rings is 1. The highest BCUT2D eigenvalue weighted by atomic mass is 32.2. The molecular weight excluding hydrogens is 608 g/mol. The summed E-state index contributed by atoms with van der Waals surface area (Å²) in [5, 5.41) is 4.97. The van der Waals surface area contributed by atoms with Gasteiger partial charge in [0.05, 0.1) is 48.2 Å². The van der Waals surface area contributed by atoms with E-state index < -0.39 is 33.4 Å². The van der Waals surface area contributed by atoms with E-state index in [9.17, 15) is 22.0 Å². The third-order valence-electron chi connectivity index (χ3n) is 7.53. The lowest BCUT2D eigenvalue weighted by molar-refractivity contribution is 0.0396. The van der Waals surface area contributed by atoms with Crippen LogP contribution in [0.5, 0.6) is 11.6 Å². The third-order valence-corrected chi connectivity index (χ3v) is 9.17. The Morgan fingerprint density at radius 2 is 1.89 bits per heavy atom. The largest absolute Gasteiger partial charge is 0.433 e. The van der Waals surface area contributed by atoms with Crippen LogP contribution in [0.2, 0.25) is 0 Å². The first-order valence-electron chi connectivity index (χ1n) is 13.9. The number of nitrogens with zero attached hydrogens (tertiary/aromatic N) is 4. The normalized spacial score (nSPS) is 15.8. The number of hydrogen-bond donors (Lipinski definition) is 3. The Hall–Kier alpha value is -4.86. The predicted molar refractivity (Wildman–Crippen MR) is 163 cm³/mol. The molecule has 1 saturated heterocycles. The Kier molecular flexibility index (Phi) is 7.76. The molecule has 0 spiro atoms. The number of rotatable bonds is 8. The van der Waals surface area contributed by atoms with Crippen LogP contribution in [-0.4, -0.2) is 64.1 Å². The lowest BCUT2D eigenvalue weighted by Crippen LogP contribution is -2.49. The van der Waals surface area contributed by atoms with Gasteiger partial charge in [-0.3, -0.25) is 9.52 Å². The van der Waals surface area contributed by atoms with Gasteiger partial charge in [0, 0.05) is 29.6 Å². The molecule has 1 fully saturated rings. The number of para-hydroxylation sites is 1. The molecule has 3 aromatic heterocycles. The molecule has 0 aliphatic carbocycles. The summed E-state index contributed by atoms with van der Waals surface area (Å²) in [4.78, 5) is 20.7. The molecule has 15 heteroatoms. The fraction of sp³-hybridized carbons (Fsp3) is 0.233. The standard InChI is InChI=1S/C30H29F2N7O5S/c1-16-9-19-11-25(36-24(19)12-23(16)37-45(41,42)38-7-8-43-15-18(38)3)28(40)20-13-35-39(30(20)33)26-14-34-27(10-17(26)2)44-29-21(31)5-4-6-22(29)32/h4-6,9-14,18,36-37H,7-8,15,33H2,1-3H3. The van der Waals surface area contributed by atoms with Crippen molar-refractivity contribution in [1.29, 1.82) is 0 Å². The van der Waals surface area contributed by atoms with Gasteiger partial charge in [0.1, 0.15) is 5.82 Å². The van der Waals surface area contributed by atoms with Crippen LogP contribution in [0, 0.1) is 25.5 Å². The van der Waals surface area contributed by atoms with Gasteiger partial charge in [0.2, 0.25) is 17.4 Å². The number of ketones is 1. The maximum atomic E-state index is 14.0. The second-order valence-corrected chi connectivity index (χ2v) is 12.3. The van der Waals surface area contributed by atoms with E-state index in [4.69, 9.17) is 15.2 Å². The molecule has 2 aromatic carbocycles. The summed E-state index contributed by atoms with van der Waals surface area (Å²) in [5.41, 5.74) is 9.28. The number of pyridine rings is 1. The van der Waals surface area contributed by atoms with Gasteiger partial charge in [-0.05, 0) is 62.2 Å². The van der Waals surface area contributed by atoms with Gasteiger partial charge in [-0.15, -0.1) is 0 Å². The lowest BCUT2D eigenvalue weighted by Gasteiger charge is -2.32. The average Bonchev–Trinajstić information content (AvgIpc) is 3.58. The highest BCUT2D eigenvalue weighted by Crippen LogP contribution is 2.30. The predicted octanol–water partition coefficient (Wildman–Crippen LogP) is 4.63. The highest BCUT2D eigenvalue weighted by molar-refractivity contribution is 7.90. The van der Waals surface area contributed by atoms with Crippen molar-refractivity contribution in [3.63, 3.8) is 0 Å². The van der Waals surface area contributed by atoms with E-state index in [1.54, 1.807) is 39.0 Å². The number of benzene rings is 2. The summed E-state index contributed by atoms with van der Waals surface area (Å²) in [6, 6.07) is 9.61. The Bertz CT molecular complexity index is 2040. The van der Waals surface area contributed by atoms with Gasteiger partial charge >= 0.3 is 10.2 Å². The third kappa shape index (κ3) is 5.72. The van der Waals surface area contributed by atoms with E-state index in [1.165, 1.54) is 33.5 Å². The van der Waals surface area contributed by atoms with E-state index in [1.807, 2.05) is 0 Å². The summed E-state index contributed by atoms with van der Waals surface area (Å²) >= 11 is 0. The maximum Gasteiger partial charge on any atom is 0.302 e. The van der Waals surface area contributed by atoms with Crippen molar-refractivity contribution >= 4 is 38.4 Å². The molecule has 1 aliphatic heterocycles. The van der Waals surface area contributed by atoms with Crippen molar-refractivity contribution in [2.75, 3.05) is 30.2 Å². The van der Waals surface area contributed by atoms with Crippen molar-refractivity contribution < 1.29 is 31.5 Å². The first-order chi connectivity index (χ1) is 21.4. The van der Waals surface area contributed by atoms with Crippen LogP contribution in [0.25, 0.3) is 16.6 Å². The number of hydrogen-bond acceptors (Lipinski definition) is 8. The second kappa shape index (κ2) is 11.6. The van der Waals surface area contributed by atoms with Crippen molar-refractivity contribution in [2.45, 2.75) is 26.8 Å². The topological polar surface area (TPSA) is 157 Å². The Morgan fingerprint density at radius 1 is 1.13 bits per heavy atom. The number of anilines is 2. The number of nitrogens with one attached hydrogen (secondary N) is 2. The van der Waals surface area contributed by atoms with Gasteiger partial charge in [-0.1, -0.05) is 6.07 Å². The Morgan fingerprint density at radius 3 is 2.60 bits per heavy atom. The molecule has 0 saturated carbocycles. The number of ether oxygens (including phenoxy) is 2. The number of carbonyl (C=O) groups is 1. The van der Waals surface area contributed by atoms with Gasteiger partial charge in [0.25, 0.3) is 0 Å². The molecular formula is C30H29F2N7O5S. The molecule has 0 radical (unpaired) electrons. The van der Waals surface area contributed by atoms with Crippen LogP contribution in [-0.2, 0) is 14.9 Å². The molecule has 1 aliphatic rings. The van der Waals surface area contributed by atoms with Crippen LogP contribution in [0.3, 0.4) is 0 Å². The smallest absolute Gasteiger partial charge is 0.302 e. The molecule has 1 unspecified atom stereocenters. The van der Waals surface area contributed by atoms with Crippen LogP contribution in [0.15, 0.2) is 54.9 Å². The van der Waals surface area contributed by atoms with Gasteiger partial charge < -0.3 is 20.2 Å². The van der Waals surface area contributed by atoms with Gasteiger partial charge in [-0.2, -0.15) is 17.8 Å². The molecule has 5 aromatic rings. The van der Waals surface area contributed by atoms with Crippen LogP contribution < -0.4 is 15.2 Å². The van der Waals surface area contributed by atoms with Crippen molar-refractivity contribution in [3.8, 4) is 17.3 Å². The fourth-order valence-corrected chi connectivity index (χ4v) is 6.61. The zero-order valence-corrected chi connectivity index (χ0v) is 25.3. The van der Waals surface area contributed by atoms with E-state index in [2.05, 4.69) is 19.8 Å². The molecule has 0 bridgehead atoms. The number of aromatic nitrogens is 4. The minimum Gasteiger partial charge on any atom is -0.433 e. The van der Waals surface area contributed by atoms with Crippen LogP contribution in [0.4, 0.5) is 20.3 Å². The molecule has 1 atom stereocenters. The number of nitrogen functional groups attached to an aromatic ring is 1. The Balaban J connectivity index is 1.24. The summed E-state index contributed by atoms with van der Waals surface area (Å²) in [6.45, 7) is 6.13. The first-order valence-corrected chi connectivity index (χ1v) is 15.3. The monoisotopic (exact) mass is 637 g/mol. The maximum absolute atomic E-state index is 14.0. The quantitative estimate of drug-likeness (QED) is 0.208. The zero-order valence-electron chi connectivity index (χ0n) is 24.5. The van der Waals surface area contributed by atoms with Crippen molar-refractivity contribution in [3.05, 3.63) is 88.9 Å². The average molecular weight is 638 g/mol. The number of halogens is 2. The highest BCUT2D eigenvalue weighted by Gasteiger charge is 2.30. The summed E-state index contributed by atoms with van der Waals surface area (Å²) in [5.74, 6) is -2.75. The number of aryl methyl sites for hydroxylation is 2. The molecule has 6 rings (SSSR count). The molecule has 12 nitrogen and oxygen atoms in total. The van der Waals surface area contributed by atoms with E-state index in [0.29, 0.717) is 46.6 Å². The SMILES string of the molecule is Cc1cc2cc(C(=O)c3cnn(-c4cnc(Oc5c(F)cccc5F)cc4C)c3N)[nH]c2cc1NS(=O)(=O)N1CCOCC1C. The number of fused-ring (bicyclic) bond motifs is 1. The molecule has 0 amide bonds. The fourth-order valence-electron chi connectivity index (χ4n) is 5.15.